The van der Waals surface area contributed by atoms with Crippen molar-refractivity contribution in [3.05, 3.63) is 67.3 Å². The van der Waals surface area contributed by atoms with E-state index >= 15 is 0 Å². The number of hydrogen-bond acceptors (Lipinski definition) is 15. The predicted molar refractivity (Wildman–Crippen MR) is 188 cm³/mol. The largest absolute Gasteiger partial charge is 0.478 e. The van der Waals surface area contributed by atoms with Crippen LogP contribution in [0.3, 0.4) is 0 Å². The van der Waals surface area contributed by atoms with Crippen LogP contribution in [0, 0.1) is 5.82 Å². The van der Waals surface area contributed by atoms with E-state index in [0.29, 0.717) is 22.8 Å². The Bertz CT molecular complexity index is 2210. The van der Waals surface area contributed by atoms with Gasteiger partial charge in [0.2, 0.25) is 16.7 Å². The van der Waals surface area contributed by atoms with Crippen molar-refractivity contribution in [1.29, 1.82) is 0 Å². The van der Waals surface area contributed by atoms with E-state index in [1.54, 1.807) is 21.0 Å². The molecule has 23 heteroatoms. The first-order chi connectivity index (χ1) is 24.8. The van der Waals surface area contributed by atoms with E-state index in [1.807, 2.05) is 0 Å². The number of urea groups is 1. The molecular formula is C29H31ClFN9O9S3. The summed E-state index contributed by atoms with van der Waals surface area (Å²) >= 11 is 8.17. The summed E-state index contributed by atoms with van der Waals surface area (Å²) in [6, 6.07) is 6.24. The van der Waals surface area contributed by atoms with Gasteiger partial charge in [0, 0.05) is 25.0 Å². The molecule has 0 aliphatic carbocycles. The minimum atomic E-state index is -4.45. The fraction of sp³-hybridized carbons (Fsp3) is 0.310. The van der Waals surface area contributed by atoms with Crippen molar-refractivity contribution in [1.82, 2.24) is 29.0 Å². The first kappa shape index (κ1) is 39.7. The van der Waals surface area contributed by atoms with Gasteiger partial charge in [0.15, 0.2) is 0 Å². The quantitative estimate of drug-likeness (QED) is 0.126. The molecule has 0 radical (unpaired) electrons. The summed E-state index contributed by atoms with van der Waals surface area (Å²) < 4.78 is 53.7. The molecule has 0 fully saturated rings. The maximum atomic E-state index is 14.3. The van der Waals surface area contributed by atoms with Crippen molar-refractivity contribution in [3.63, 3.8) is 0 Å². The van der Waals surface area contributed by atoms with Gasteiger partial charge in [-0.3, -0.25) is 19.6 Å². The highest BCUT2D eigenvalue weighted by Gasteiger charge is 2.24. The number of fused-ring (bicyclic) bond motifs is 1. The number of esters is 1. The standard InChI is InChI=1S/C15H15ClFN3O3S2.C14H16N6O6S/c1-23-13(21)8-24-12-7-11(10(17)6-9(12)16)18-14-19-4-2-3-5-20(19)15(22)25-14;1-3-26-14-18-11(15-2)16-12(19-14)17-13(23)20-27(24,25)9-7-5-4-6-8(9)10(21)22/h6-7H,2-5,8H2,1H3;4-7H,3H2,1-2H3,(H,21,22)(H3,15,16,17,18,19,20,23)/b18-14-;. The number of thioether (sulfide) groups is 1. The Labute approximate surface area is 308 Å². The van der Waals surface area contributed by atoms with Crippen LogP contribution in [-0.4, -0.2) is 82.3 Å². The smallest absolute Gasteiger partial charge is 0.337 e. The average Bonchev–Trinajstić information content (AvgIpc) is 3.43. The maximum Gasteiger partial charge on any atom is 0.337 e. The minimum absolute atomic E-state index is 0.0605. The molecule has 0 spiro atoms. The van der Waals surface area contributed by atoms with Gasteiger partial charge in [0.05, 0.1) is 30.1 Å². The lowest BCUT2D eigenvalue weighted by Crippen LogP contribution is -2.35. The lowest BCUT2D eigenvalue weighted by molar-refractivity contribution is -0.137. The zero-order valence-electron chi connectivity index (χ0n) is 27.6. The third-order valence-corrected chi connectivity index (χ3v) is 10.4. The van der Waals surface area contributed by atoms with Crippen LogP contribution in [0.15, 0.2) is 56.0 Å². The second-order valence-electron chi connectivity index (χ2n) is 10.1. The summed E-state index contributed by atoms with van der Waals surface area (Å²) in [5, 5.41) is 14.1. The van der Waals surface area contributed by atoms with Crippen LogP contribution >= 0.6 is 34.7 Å². The fourth-order valence-corrected chi connectivity index (χ4v) is 7.43. The Balaban J connectivity index is 0.000000233. The number of ether oxygens (including phenoxy) is 2. The number of sulfonamides is 1. The van der Waals surface area contributed by atoms with Gasteiger partial charge in [0.25, 0.3) is 10.0 Å². The van der Waals surface area contributed by atoms with Gasteiger partial charge in [-0.1, -0.05) is 23.7 Å². The molecule has 0 atom stereocenters. The fourth-order valence-electron chi connectivity index (χ4n) is 4.33. The number of nitrogens with one attached hydrogen (secondary N) is 3. The van der Waals surface area contributed by atoms with Crippen LogP contribution in [0.1, 0.15) is 30.1 Å². The van der Waals surface area contributed by atoms with Crippen LogP contribution in [0.5, 0.6) is 6.01 Å². The molecule has 2 aromatic heterocycles. The highest BCUT2D eigenvalue weighted by molar-refractivity contribution is 8.00. The van der Waals surface area contributed by atoms with E-state index in [-0.39, 0.29) is 45.8 Å². The summed E-state index contributed by atoms with van der Waals surface area (Å²) in [6.45, 7) is 3.29. The monoisotopic (exact) mass is 799 g/mol. The number of carbonyl (C=O) groups is 3. The number of hydrogen-bond donors (Lipinski definition) is 4. The van der Waals surface area contributed by atoms with Gasteiger partial charge in [-0.05, 0) is 55.4 Å². The Morgan fingerprint density at radius 2 is 1.81 bits per heavy atom. The lowest BCUT2D eigenvalue weighted by Gasteiger charge is -2.15. The topological polar surface area (TPSA) is 238 Å². The maximum absolute atomic E-state index is 14.3. The SMILES string of the molecule is CCOc1nc(NC)nc(NC(=O)NS(=O)(=O)c2ccccc2C(=O)O)n1.COC(=O)CSc1cc(/N=c2\sc(=O)n3n2CCCC3)c(F)cc1Cl. The molecule has 278 valence electrons. The number of amides is 2. The minimum Gasteiger partial charge on any atom is -0.478 e. The number of methoxy groups -OCH3 is 1. The van der Waals surface area contributed by atoms with Crippen molar-refractivity contribution in [2.45, 2.75) is 42.6 Å². The molecule has 4 N–H and O–H groups in total. The number of nitrogens with zero attached hydrogens (tertiary/aromatic N) is 6. The molecule has 1 aliphatic heterocycles. The van der Waals surface area contributed by atoms with Crippen molar-refractivity contribution >= 4 is 80.3 Å². The molecule has 3 heterocycles. The highest BCUT2D eigenvalue weighted by atomic mass is 35.5. The lowest BCUT2D eigenvalue weighted by atomic mass is 10.2. The molecule has 2 amide bonds. The zero-order chi connectivity index (χ0) is 38.0. The van der Waals surface area contributed by atoms with Gasteiger partial charge in [0.1, 0.15) is 16.4 Å². The molecule has 0 saturated carbocycles. The van der Waals surface area contributed by atoms with Gasteiger partial charge in [-0.2, -0.15) is 15.0 Å². The van der Waals surface area contributed by atoms with Crippen LogP contribution in [0.4, 0.5) is 26.8 Å². The van der Waals surface area contributed by atoms with E-state index < -0.39 is 44.3 Å². The third kappa shape index (κ3) is 10.3. The second-order valence-corrected chi connectivity index (χ2v) is 14.1. The third-order valence-electron chi connectivity index (χ3n) is 6.65. The summed E-state index contributed by atoms with van der Waals surface area (Å²) in [7, 11) is -1.63. The highest BCUT2D eigenvalue weighted by Crippen LogP contribution is 2.33. The molecule has 4 aromatic rings. The number of aromatic carboxylic acids is 1. The number of anilines is 2. The van der Waals surface area contributed by atoms with Crippen molar-refractivity contribution in [3.8, 4) is 6.01 Å². The number of carbonyl (C=O) groups excluding carboxylic acids is 2. The van der Waals surface area contributed by atoms with Crippen molar-refractivity contribution in [2.75, 3.05) is 37.2 Å². The predicted octanol–water partition coefficient (Wildman–Crippen LogP) is 3.32. The second kappa shape index (κ2) is 17.9. The van der Waals surface area contributed by atoms with Crippen LogP contribution in [-0.2, 0) is 32.6 Å². The van der Waals surface area contributed by atoms with E-state index in [4.69, 9.17) is 21.4 Å². The Hall–Kier alpha value is -5.06. The number of halogens is 2. The molecule has 0 unspecified atom stereocenters. The summed E-state index contributed by atoms with van der Waals surface area (Å²) in [4.78, 5) is 62.7. The van der Waals surface area contributed by atoms with Crippen LogP contribution in [0.2, 0.25) is 5.02 Å². The van der Waals surface area contributed by atoms with Crippen LogP contribution < -0.4 is 29.8 Å². The number of carboxylic acids is 1. The Kier molecular flexibility index (Phi) is 13.7. The van der Waals surface area contributed by atoms with Crippen molar-refractivity contribution < 1.29 is 41.8 Å². The first-order valence-corrected chi connectivity index (χ1v) is 18.7. The molecule has 1 aliphatic rings. The Morgan fingerprint density at radius 1 is 1.12 bits per heavy atom. The number of benzene rings is 2. The van der Waals surface area contributed by atoms with E-state index in [2.05, 4.69) is 35.3 Å². The summed E-state index contributed by atoms with van der Waals surface area (Å²) in [5.41, 5.74) is -0.395. The summed E-state index contributed by atoms with van der Waals surface area (Å²) in [6.07, 6.45) is 1.90. The molecular weight excluding hydrogens is 769 g/mol. The van der Waals surface area contributed by atoms with E-state index in [9.17, 15) is 32.0 Å². The molecule has 18 nitrogen and oxygen atoms in total. The van der Waals surface area contributed by atoms with Gasteiger partial charge >= 0.3 is 28.9 Å². The average molecular weight is 800 g/mol. The van der Waals surface area contributed by atoms with Crippen LogP contribution in [0.25, 0.3) is 0 Å². The first-order valence-electron chi connectivity index (χ1n) is 15.0. The van der Waals surface area contributed by atoms with Gasteiger partial charge in [-0.15, -0.1) is 11.8 Å². The van der Waals surface area contributed by atoms with E-state index in [1.165, 1.54) is 32.4 Å². The zero-order valence-corrected chi connectivity index (χ0v) is 30.8. The molecule has 5 rings (SSSR count). The Morgan fingerprint density at radius 3 is 2.48 bits per heavy atom. The molecule has 2 aromatic carbocycles. The molecule has 52 heavy (non-hydrogen) atoms. The van der Waals surface area contributed by atoms with Crippen molar-refractivity contribution in [2.24, 2.45) is 4.99 Å². The molecule has 0 saturated heterocycles. The number of aromatic nitrogens is 5. The number of rotatable bonds is 11. The van der Waals surface area contributed by atoms with Gasteiger partial charge in [-0.25, -0.2) is 36.8 Å². The number of carboxylic acid groups (broad SMARTS) is 1. The van der Waals surface area contributed by atoms with E-state index in [0.717, 1.165) is 54.1 Å². The molecule has 0 bridgehead atoms. The summed E-state index contributed by atoms with van der Waals surface area (Å²) in [5.74, 6) is -2.55. The van der Waals surface area contributed by atoms with Gasteiger partial charge < -0.3 is 19.9 Å². The normalized spacial score (nSPS) is 12.5.